The fourth-order valence-corrected chi connectivity index (χ4v) is 4.06. The van der Waals surface area contributed by atoms with Crippen LogP contribution in [-0.4, -0.2) is 53.8 Å². The SMILES string of the molecule is CON=C1CC(C(=O)NCC(O)c2ccccc2)N(C(=O)c2ccc(-c3ccccc3)cc2)C1. The number of oxime groups is 1. The minimum Gasteiger partial charge on any atom is -0.399 e. The number of hydrogen-bond donors (Lipinski definition) is 2. The number of hydrogen-bond acceptors (Lipinski definition) is 5. The first-order valence-corrected chi connectivity index (χ1v) is 11.1. The van der Waals surface area contributed by atoms with Crippen LogP contribution in [0.3, 0.4) is 0 Å². The van der Waals surface area contributed by atoms with E-state index >= 15 is 0 Å². The average Bonchev–Trinajstić information content (AvgIpc) is 3.32. The van der Waals surface area contributed by atoms with Crippen LogP contribution in [0, 0.1) is 0 Å². The zero-order chi connectivity index (χ0) is 23.9. The third-order valence-corrected chi connectivity index (χ3v) is 5.83. The second-order valence-corrected chi connectivity index (χ2v) is 8.11. The third-order valence-electron chi connectivity index (χ3n) is 5.83. The van der Waals surface area contributed by atoms with Gasteiger partial charge in [0.2, 0.25) is 5.91 Å². The Morgan fingerprint density at radius 1 is 1.00 bits per heavy atom. The molecule has 34 heavy (non-hydrogen) atoms. The summed E-state index contributed by atoms with van der Waals surface area (Å²) in [7, 11) is 1.44. The number of benzene rings is 3. The Labute approximate surface area is 198 Å². The van der Waals surface area contributed by atoms with Crippen molar-refractivity contribution in [2.24, 2.45) is 5.16 Å². The molecule has 0 saturated carbocycles. The summed E-state index contributed by atoms with van der Waals surface area (Å²) in [5.74, 6) is -0.602. The highest BCUT2D eigenvalue weighted by molar-refractivity contribution is 6.05. The Hall–Kier alpha value is -3.97. The lowest BCUT2D eigenvalue weighted by molar-refractivity contribution is -0.125. The van der Waals surface area contributed by atoms with Gasteiger partial charge in [0.1, 0.15) is 13.2 Å². The van der Waals surface area contributed by atoms with E-state index in [1.165, 1.54) is 12.0 Å². The van der Waals surface area contributed by atoms with Crippen LogP contribution in [-0.2, 0) is 9.63 Å². The van der Waals surface area contributed by atoms with Gasteiger partial charge in [0, 0.05) is 18.5 Å². The maximum atomic E-state index is 13.3. The van der Waals surface area contributed by atoms with Crippen molar-refractivity contribution in [3.05, 3.63) is 96.1 Å². The number of nitrogens with zero attached hydrogens (tertiary/aromatic N) is 2. The zero-order valence-electron chi connectivity index (χ0n) is 18.9. The normalized spacial score (nSPS) is 17.4. The second kappa shape index (κ2) is 10.8. The summed E-state index contributed by atoms with van der Waals surface area (Å²) in [6, 6.07) is 25.6. The van der Waals surface area contributed by atoms with Crippen LogP contribution in [0.2, 0.25) is 0 Å². The summed E-state index contributed by atoms with van der Waals surface area (Å²) in [5, 5.41) is 17.1. The molecule has 7 nitrogen and oxygen atoms in total. The van der Waals surface area contributed by atoms with Gasteiger partial charge in [0.15, 0.2) is 0 Å². The standard InChI is InChI=1S/C27H27N3O4/c1-34-29-23-16-24(26(32)28-17-25(31)21-10-6-3-7-11-21)30(18-23)27(33)22-14-12-20(13-15-22)19-8-4-2-5-9-19/h2-15,24-25,31H,16-18H2,1H3,(H,28,32). The van der Waals surface area contributed by atoms with E-state index in [1.54, 1.807) is 24.3 Å². The first-order chi connectivity index (χ1) is 16.6. The fraction of sp³-hybridized carbons (Fsp3) is 0.222. The molecule has 1 aliphatic heterocycles. The summed E-state index contributed by atoms with van der Waals surface area (Å²) in [5.41, 5.74) is 3.87. The second-order valence-electron chi connectivity index (χ2n) is 8.11. The van der Waals surface area contributed by atoms with Gasteiger partial charge in [0.05, 0.1) is 18.4 Å². The maximum Gasteiger partial charge on any atom is 0.254 e. The molecule has 0 aliphatic carbocycles. The molecule has 1 saturated heterocycles. The van der Waals surface area contributed by atoms with Crippen molar-refractivity contribution in [1.29, 1.82) is 0 Å². The van der Waals surface area contributed by atoms with Crippen molar-refractivity contribution in [3.8, 4) is 11.1 Å². The van der Waals surface area contributed by atoms with E-state index in [0.29, 0.717) is 16.8 Å². The number of aliphatic hydroxyl groups is 1. The van der Waals surface area contributed by atoms with Crippen LogP contribution in [0.5, 0.6) is 0 Å². The lowest BCUT2D eigenvalue weighted by Crippen LogP contribution is -2.46. The Morgan fingerprint density at radius 2 is 1.62 bits per heavy atom. The first kappa shape index (κ1) is 23.2. The molecule has 3 aromatic carbocycles. The summed E-state index contributed by atoms with van der Waals surface area (Å²) in [4.78, 5) is 32.7. The highest BCUT2D eigenvalue weighted by Gasteiger charge is 2.38. The van der Waals surface area contributed by atoms with Crippen molar-refractivity contribution in [3.63, 3.8) is 0 Å². The van der Waals surface area contributed by atoms with E-state index in [0.717, 1.165) is 11.1 Å². The molecule has 7 heteroatoms. The molecule has 2 N–H and O–H groups in total. The lowest BCUT2D eigenvalue weighted by atomic mass is 10.0. The first-order valence-electron chi connectivity index (χ1n) is 11.1. The van der Waals surface area contributed by atoms with Gasteiger partial charge in [-0.05, 0) is 28.8 Å². The van der Waals surface area contributed by atoms with Gasteiger partial charge < -0.3 is 20.2 Å². The zero-order valence-corrected chi connectivity index (χ0v) is 18.9. The molecule has 1 fully saturated rings. The molecule has 2 unspecified atom stereocenters. The molecule has 0 radical (unpaired) electrons. The molecule has 4 rings (SSSR count). The van der Waals surface area contributed by atoms with E-state index in [4.69, 9.17) is 4.84 Å². The van der Waals surface area contributed by atoms with Crippen LogP contribution in [0.25, 0.3) is 11.1 Å². The van der Waals surface area contributed by atoms with E-state index in [1.807, 2.05) is 60.7 Å². The maximum absolute atomic E-state index is 13.3. The molecule has 1 heterocycles. The summed E-state index contributed by atoms with van der Waals surface area (Å²) < 4.78 is 0. The van der Waals surface area contributed by atoms with E-state index in [-0.39, 0.29) is 31.3 Å². The summed E-state index contributed by atoms with van der Waals surface area (Å²) >= 11 is 0. The topological polar surface area (TPSA) is 91.2 Å². The van der Waals surface area contributed by atoms with Gasteiger partial charge in [0.25, 0.3) is 5.91 Å². The number of likely N-dealkylation sites (tertiary alicyclic amines) is 1. The molecular weight excluding hydrogens is 430 g/mol. The smallest absolute Gasteiger partial charge is 0.254 e. The van der Waals surface area contributed by atoms with E-state index < -0.39 is 12.1 Å². The minimum absolute atomic E-state index is 0.0455. The lowest BCUT2D eigenvalue weighted by Gasteiger charge is -2.24. The van der Waals surface area contributed by atoms with Gasteiger partial charge in [-0.25, -0.2) is 0 Å². The van der Waals surface area contributed by atoms with Gasteiger partial charge in [-0.1, -0.05) is 78.0 Å². The number of nitrogens with one attached hydrogen (secondary N) is 1. The molecule has 0 aromatic heterocycles. The fourth-order valence-electron chi connectivity index (χ4n) is 4.06. The number of amides is 2. The number of rotatable bonds is 7. The predicted molar refractivity (Wildman–Crippen MR) is 130 cm³/mol. The van der Waals surface area contributed by atoms with E-state index in [2.05, 4.69) is 10.5 Å². The largest absolute Gasteiger partial charge is 0.399 e. The number of aliphatic hydroxyl groups excluding tert-OH is 1. The highest BCUT2D eigenvalue weighted by Crippen LogP contribution is 2.23. The molecule has 2 amide bonds. The van der Waals surface area contributed by atoms with Gasteiger partial charge in [-0.2, -0.15) is 0 Å². The van der Waals surface area contributed by atoms with Gasteiger partial charge in [-0.15, -0.1) is 0 Å². The monoisotopic (exact) mass is 457 g/mol. The van der Waals surface area contributed by atoms with Crippen LogP contribution in [0.15, 0.2) is 90.1 Å². The molecule has 1 aliphatic rings. The van der Waals surface area contributed by atoms with Crippen molar-refractivity contribution in [2.45, 2.75) is 18.6 Å². The molecule has 3 aromatic rings. The van der Waals surface area contributed by atoms with Crippen molar-refractivity contribution in [2.75, 3.05) is 20.2 Å². The van der Waals surface area contributed by atoms with Crippen LogP contribution in [0.1, 0.15) is 28.4 Å². The average molecular weight is 458 g/mol. The summed E-state index contributed by atoms with van der Waals surface area (Å²) in [6.07, 6.45) is -0.567. The third kappa shape index (κ3) is 5.32. The molecule has 2 atom stereocenters. The van der Waals surface area contributed by atoms with Crippen molar-refractivity contribution >= 4 is 17.5 Å². The Balaban J connectivity index is 1.47. The minimum atomic E-state index is -0.839. The highest BCUT2D eigenvalue weighted by atomic mass is 16.6. The molecular formula is C27H27N3O4. The Kier molecular flexibility index (Phi) is 7.34. The molecule has 174 valence electrons. The van der Waals surface area contributed by atoms with Crippen molar-refractivity contribution < 1.29 is 19.5 Å². The van der Waals surface area contributed by atoms with Crippen LogP contribution in [0.4, 0.5) is 0 Å². The number of carbonyl (C=O) groups is 2. The van der Waals surface area contributed by atoms with Crippen LogP contribution >= 0.6 is 0 Å². The van der Waals surface area contributed by atoms with Crippen molar-refractivity contribution in [1.82, 2.24) is 10.2 Å². The predicted octanol–water partition coefficient (Wildman–Crippen LogP) is 3.42. The quantitative estimate of drug-likeness (QED) is 0.532. The van der Waals surface area contributed by atoms with E-state index in [9.17, 15) is 14.7 Å². The molecule has 0 bridgehead atoms. The van der Waals surface area contributed by atoms with Gasteiger partial charge in [-0.3, -0.25) is 9.59 Å². The Bertz CT molecular complexity index is 1150. The van der Waals surface area contributed by atoms with Gasteiger partial charge >= 0.3 is 0 Å². The summed E-state index contributed by atoms with van der Waals surface area (Å²) in [6.45, 7) is 0.246. The Morgan fingerprint density at radius 3 is 2.26 bits per heavy atom. The molecule has 0 spiro atoms. The van der Waals surface area contributed by atoms with Crippen LogP contribution < -0.4 is 5.32 Å². The number of carbonyl (C=O) groups excluding carboxylic acids is 2.